The highest BCUT2D eigenvalue weighted by Gasteiger charge is 2.57. The average molecular weight is 521 g/mol. The van der Waals surface area contributed by atoms with Crippen LogP contribution in [0, 0.1) is 11.3 Å². The summed E-state index contributed by atoms with van der Waals surface area (Å²) in [4.78, 5) is 45.6. The van der Waals surface area contributed by atoms with E-state index in [0.717, 1.165) is 15.8 Å². The molecule has 1 fully saturated rings. The van der Waals surface area contributed by atoms with Gasteiger partial charge < -0.3 is 20.6 Å². The number of amides is 2. The number of nitrogens with one attached hydrogen (secondary N) is 3. The minimum absolute atomic E-state index is 0.340. The molecule has 3 unspecified atom stereocenters. The quantitative estimate of drug-likeness (QED) is 0.388. The van der Waals surface area contributed by atoms with Gasteiger partial charge in [0.2, 0.25) is 5.79 Å². The van der Waals surface area contributed by atoms with Crippen molar-refractivity contribution in [2.75, 3.05) is 24.5 Å². The molecule has 0 saturated carbocycles. The number of benzene rings is 1. The fourth-order valence-electron chi connectivity index (χ4n) is 5.11. The fraction of sp³-hybridized carbons (Fsp3) is 0.360. The van der Waals surface area contributed by atoms with Gasteiger partial charge >= 0.3 is 12.0 Å². The summed E-state index contributed by atoms with van der Waals surface area (Å²) in [5, 5.41) is 19.5. The standard InChI is InChI=1S/C25H28N8O3S/c1-3-28-23(36)32-25(20-14-26-7-5-24(20,2)22(34)35)31-6-4-10-33(25)16-11-17(19-13-27-8-9-29-19)21-18(12-16)30-15-37-21/h4,6,8-13,15,20,26H,3,5,7,14H2,1-2H3,(H,34,35)(H2,28,32,36). The summed E-state index contributed by atoms with van der Waals surface area (Å²) < 4.78 is 0.950. The van der Waals surface area contributed by atoms with E-state index in [1.54, 1.807) is 43.3 Å². The number of carboxylic acid groups (broad SMARTS) is 1. The van der Waals surface area contributed by atoms with E-state index >= 15 is 0 Å². The number of carboxylic acids is 1. The highest BCUT2D eigenvalue weighted by Crippen LogP contribution is 2.46. The fourth-order valence-corrected chi connectivity index (χ4v) is 5.90. The van der Waals surface area contributed by atoms with Crippen molar-refractivity contribution in [2.45, 2.75) is 26.1 Å². The first-order chi connectivity index (χ1) is 17.9. The molecule has 2 aliphatic heterocycles. The Balaban J connectivity index is 1.71. The zero-order valence-corrected chi connectivity index (χ0v) is 21.3. The van der Waals surface area contributed by atoms with Crippen LogP contribution in [0.4, 0.5) is 10.5 Å². The van der Waals surface area contributed by atoms with Gasteiger partial charge in [0.25, 0.3) is 0 Å². The molecule has 0 aliphatic carbocycles. The number of urea groups is 1. The maximum atomic E-state index is 13.0. The first kappa shape index (κ1) is 24.8. The van der Waals surface area contributed by atoms with Crippen molar-refractivity contribution in [3.8, 4) is 11.3 Å². The smallest absolute Gasteiger partial charge is 0.318 e. The SMILES string of the molecule is CCNC(=O)NC1(C2CNCCC2(C)C(=O)O)N=CC=CN1c1cc(-c2cnccn2)c2scnc2c1. The Kier molecular flexibility index (Phi) is 6.61. The molecule has 0 radical (unpaired) electrons. The molecule has 2 amide bonds. The Hall–Kier alpha value is -3.90. The second-order valence-electron chi connectivity index (χ2n) is 9.21. The van der Waals surface area contributed by atoms with Crippen LogP contribution in [0.15, 0.2) is 53.5 Å². The summed E-state index contributed by atoms with van der Waals surface area (Å²) in [6.07, 6.45) is 10.5. The van der Waals surface area contributed by atoms with Crippen molar-refractivity contribution in [2.24, 2.45) is 16.3 Å². The zero-order chi connectivity index (χ0) is 26.0. The molecule has 192 valence electrons. The lowest BCUT2D eigenvalue weighted by molar-refractivity contribution is -0.155. The summed E-state index contributed by atoms with van der Waals surface area (Å²) in [6, 6.07) is 3.43. The molecule has 37 heavy (non-hydrogen) atoms. The van der Waals surface area contributed by atoms with Gasteiger partial charge in [-0.1, -0.05) is 0 Å². The maximum absolute atomic E-state index is 13.0. The number of piperidine rings is 1. The lowest BCUT2D eigenvalue weighted by atomic mass is 9.68. The average Bonchev–Trinajstić information content (AvgIpc) is 3.38. The van der Waals surface area contributed by atoms with Gasteiger partial charge in [0.15, 0.2) is 0 Å². The normalized spacial score (nSPS) is 25.2. The van der Waals surface area contributed by atoms with E-state index in [-0.39, 0.29) is 0 Å². The van der Waals surface area contributed by atoms with Crippen LogP contribution in [0.3, 0.4) is 0 Å². The summed E-state index contributed by atoms with van der Waals surface area (Å²) in [6.45, 7) is 4.84. The van der Waals surface area contributed by atoms with Crippen LogP contribution in [0.5, 0.6) is 0 Å². The van der Waals surface area contributed by atoms with Crippen LogP contribution in [0.2, 0.25) is 0 Å². The molecule has 11 nitrogen and oxygen atoms in total. The van der Waals surface area contributed by atoms with Gasteiger partial charge in [-0.05, 0) is 45.0 Å². The molecule has 3 atom stereocenters. The molecule has 0 bridgehead atoms. The number of aromatic nitrogens is 3. The second-order valence-corrected chi connectivity index (χ2v) is 10.1. The van der Waals surface area contributed by atoms with Gasteiger partial charge in [0, 0.05) is 49.1 Å². The van der Waals surface area contributed by atoms with Gasteiger partial charge in [-0.25, -0.2) is 14.8 Å². The summed E-state index contributed by atoms with van der Waals surface area (Å²) in [5.41, 5.74) is 3.55. The van der Waals surface area contributed by atoms with E-state index in [0.29, 0.717) is 37.4 Å². The molecule has 4 N–H and O–H groups in total. The molecule has 1 aromatic carbocycles. The predicted octanol–water partition coefficient (Wildman–Crippen LogP) is 2.83. The molecular weight excluding hydrogens is 492 g/mol. The van der Waals surface area contributed by atoms with Crippen molar-refractivity contribution in [3.05, 3.63) is 48.5 Å². The Labute approximate surface area is 217 Å². The minimum Gasteiger partial charge on any atom is -0.481 e. The van der Waals surface area contributed by atoms with Gasteiger partial charge in [-0.2, -0.15) is 0 Å². The van der Waals surface area contributed by atoms with Crippen molar-refractivity contribution in [1.29, 1.82) is 0 Å². The van der Waals surface area contributed by atoms with Crippen LogP contribution < -0.4 is 20.9 Å². The molecule has 2 aromatic heterocycles. The lowest BCUT2D eigenvalue weighted by Gasteiger charge is -2.52. The third kappa shape index (κ3) is 4.31. The molecule has 2 aliphatic rings. The van der Waals surface area contributed by atoms with Gasteiger partial charge in [-0.3, -0.25) is 20.1 Å². The van der Waals surface area contributed by atoms with E-state index in [2.05, 4.69) is 30.9 Å². The maximum Gasteiger partial charge on any atom is 0.318 e. The largest absolute Gasteiger partial charge is 0.481 e. The first-order valence-electron chi connectivity index (χ1n) is 12.0. The number of allylic oxidation sites excluding steroid dienone is 1. The molecule has 4 heterocycles. The van der Waals surface area contributed by atoms with Crippen molar-refractivity contribution >= 4 is 45.5 Å². The molecule has 5 rings (SSSR count). The molecule has 1 saturated heterocycles. The van der Waals surface area contributed by atoms with Gasteiger partial charge in [0.05, 0.1) is 39.0 Å². The number of hydrogen-bond acceptors (Lipinski definition) is 9. The lowest BCUT2D eigenvalue weighted by Crippen LogP contribution is -2.71. The Morgan fingerprint density at radius 3 is 2.92 bits per heavy atom. The monoisotopic (exact) mass is 520 g/mol. The number of anilines is 1. The molecule has 0 spiro atoms. The number of aliphatic carboxylic acids is 1. The van der Waals surface area contributed by atoms with Gasteiger partial charge in [0.1, 0.15) is 0 Å². The van der Waals surface area contributed by atoms with E-state index < -0.39 is 29.1 Å². The summed E-state index contributed by atoms with van der Waals surface area (Å²) in [5.74, 6) is -2.99. The van der Waals surface area contributed by atoms with E-state index in [1.807, 2.05) is 30.2 Å². The molecular formula is C25H28N8O3S. The Bertz CT molecular complexity index is 1380. The number of carbonyl (C=O) groups excluding carboxylic acids is 1. The van der Waals surface area contributed by atoms with Gasteiger partial charge in [-0.15, -0.1) is 11.3 Å². The summed E-state index contributed by atoms with van der Waals surface area (Å²) >= 11 is 1.50. The second kappa shape index (κ2) is 9.87. The van der Waals surface area contributed by atoms with E-state index in [4.69, 9.17) is 4.99 Å². The van der Waals surface area contributed by atoms with Crippen LogP contribution in [-0.2, 0) is 4.79 Å². The highest BCUT2D eigenvalue weighted by atomic mass is 32.1. The number of nitrogens with zero attached hydrogens (tertiary/aromatic N) is 5. The third-order valence-electron chi connectivity index (χ3n) is 7.04. The minimum atomic E-state index is -1.43. The topological polar surface area (TPSA) is 145 Å². The Morgan fingerprint density at radius 1 is 1.30 bits per heavy atom. The zero-order valence-electron chi connectivity index (χ0n) is 20.5. The number of carbonyl (C=O) groups is 2. The van der Waals surface area contributed by atoms with E-state index in [9.17, 15) is 14.7 Å². The number of aliphatic imine (C=N–C) groups is 1. The molecule has 3 aromatic rings. The number of hydrogen-bond donors (Lipinski definition) is 4. The number of rotatable bonds is 6. The predicted molar refractivity (Wildman–Crippen MR) is 142 cm³/mol. The third-order valence-corrected chi connectivity index (χ3v) is 7.92. The highest BCUT2D eigenvalue weighted by molar-refractivity contribution is 7.17. The number of thiazole rings is 1. The summed E-state index contributed by atoms with van der Waals surface area (Å²) in [7, 11) is 0. The van der Waals surface area contributed by atoms with Crippen molar-refractivity contribution < 1.29 is 14.7 Å². The van der Waals surface area contributed by atoms with Crippen LogP contribution in [0.1, 0.15) is 20.3 Å². The van der Waals surface area contributed by atoms with Crippen LogP contribution >= 0.6 is 11.3 Å². The van der Waals surface area contributed by atoms with Crippen molar-refractivity contribution in [1.82, 2.24) is 30.9 Å². The number of fused-ring (bicyclic) bond motifs is 1. The first-order valence-corrected chi connectivity index (χ1v) is 12.9. The van der Waals surface area contributed by atoms with Crippen LogP contribution in [0.25, 0.3) is 21.5 Å². The van der Waals surface area contributed by atoms with Crippen molar-refractivity contribution in [3.63, 3.8) is 0 Å². The van der Waals surface area contributed by atoms with Crippen LogP contribution in [-0.4, -0.2) is 63.7 Å². The van der Waals surface area contributed by atoms with E-state index in [1.165, 1.54) is 11.3 Å². The Morgan fingerprint density at radius 2 is 2.16 bits per heavy atom. The molecule has 12 heteroatoms.